The van der Waals surface area contributed by atoms with Crippen LogP contribution in [0, 0.1) is 23.7 Å². The Hall–Kier alpha value is -2.00. The van der Waals surface area contributed by atoms with Crippen molar-refractivity contribution >= 4 is 11.9 Å². The van der Waals surface area contributed by atoms with E-state index in [1.165, 1.54) is 0 Å². The van der Waals surface area contributed by atoms with Gasteiger partial charge in [-0.15, -0.1) is 0 Å². The first-order chi connectivity index (χ1) is 14.3. The largest absolute Gasteiger partial charge is 0.493 e. The lowest BCUT2D eigenvalue weighted by atomic mass is 9.63. The van der Waals surface area contributed by atoms with Crippen molar-refractivity contribution in [3.63, 3.8) is 0 Å². The van der Waals surface area contributed by atoms with E-state index in [4.69, 9.17) is 4.74 Å². The van der Waals surface area contributed by atoms with E-state index in [-0.39, 0.29) is 24.2 Å². The second-order valence-electron chi connectivity index (χ2n) is 8.82. The molecule has 8 heteroatoms. The second kappa shape index (κ2) is 8.63. The minimum absolute atomic E-state index is 0.118. The summed E-state index contributed by atoms with van der Waals surface area (Å²) in [5.41, 5.74) is 0.923. The van der Waals surface area contributed by atoms with Crippen LogP contribution in [-0.4, -0.2) is 63.4 Å². The molecule has 0 spiro atoms. The van der Waals surface area contributed by atoms with Crippen LogP contribution in [0.3, 0.4) is 0 Å². The molecule has 1 saturated heterocycles. The van der Waals surface area contributed by atoms with Crippen LogP contribution in [0.2, 0.25) is 0 Å². The standard InChI is InChI=1S/C22H28O8/c23-17-9-13(22(28)30-17)7-11-1-4-14(5-2-11)29-10-12-3-6-15-16(8-12)19(25)21(27)20(26)18(15)24/h1-2,4-5,12-13,15-16,18-21,24-27H,3,6-10H2. The van der Waals surface area contributed by atoms with Crippen LogP contribution in [0.5, 0.6) is 5.75 Å². The Kier molecular flexibility index (Phi) is 6.11. The van der Waals surface area contributed by atoms with Gasteiger partial charge in [-0.1, -0.05) is 12.1 Å². The van der Waals surface area contributed by atoms with Gasteiger partial charge in [0.1, 0.15) is 18.0 Å². The minimum atomic E-state index is -1.33. The normalized spacial score (nSPS) is 38.8. The molecule has 8 atom stereocenters. The molecule has 2 aliphatic carbocycles. The Morgan fingerprint density at radius 1 is 0.900 bits per heavy atom. The van der Waals surface area contributed by atoms with E-state index in [9.17, 15) is 30.0 Å². The molecule has 164 valence electrons. The molecule has 2 saturated carbocycles. The number of carbonyl (C=O) groups is 2. The summed E-state index contributed by atoms with van der Waals surface area (Å²) in [7, 11) is 0. The molecule has 8 nitrogen and oxygen atoms in total. The molecule has 3 fully saturated rings. The molecule has 1 heterocycles. The van der Waals surface area contributed by atoms with Gasteiger partial charge in [-0.2, -0.15) is 0 Å². The Balaban J connectivity index is 1.29. The summed E-state index contributed by atoms with van der Waals surface area (Å²) >= 11 is 0. The maximum Gasteiger partial charge on any atom is 0.317 e. The number of aliphatic hydroxyl groups is 4. The number of ether oxygens (including phenoxy) is 2. The van der Waals surface area contributed by atoms with Crippen molar-refractivity contribution in [3.8, 4) is 5.75 Å². The number of fused-ring (bicyclic) bond motifs is 1. The van der Waals surface area contributed by atoms with Gasteiger partial charge in [0.25, 0.3) is 0 Å². The van der Waals surface area contributed by atoms with Crippen molar-refractivity contribution in [3.05, 3.63) is 29.8 Å². The van der Waals surface area contributed by atoms with E-state index >= 15 is 0 Å². The number of esters is 2. The topological polar surface area (TPSA) is 134 Å². The molecular formula is C22H28O8. The monoisotopic (exact) mass is 420 g/mol. The van der Waals surface area contributed by atoms with Crippen molar-refractivity contribution in [1.82, 2.24) is 0 Å². The maximum absolute atomic E-state index is 11.6. The van der Waals surface area contributed by atoms with Crippen LogP contribution in [0.15, 0.2) is 24.3 Å². The Labute approximate surface area is 174 Å². The highest BCUT2D eigenvalue weighted by molar-refractivity contribution is 5.94. The molecule has 1 aromatic carbocycles. The molecule has 1 aromatic rings. The lowest BCUT2D eigenvalue weighted by Gasteiger charge is -2.48. The predicted molar refractivity (Wildman–Crippen MR) is 103 cm³/mol. The van der Waals surface area contributed by atoms with Crippen molar-refractivity contribution in [2.24, 2.45) is 23.7 Å². The van der Waals surface area contributed by atoms with E-state index in [1.807, 2.05) is 24.3 Å². The molecule has 0 amide bonds. The van der Waals surface area contributed by atoms with Crippen molar-refractivity contribution < 1.29 is 39.5 Å². The number of hydrogen-bond acceptors (Lipinski definition) is 8. The summed E-state index contributed by atoms with van der Waals surface area (Å²) in [4.78, 5) is 22.8. The smallest absolute Gasteiger partial charge is 0.317 e. The predicted octanol–water partition coefficient (Wildman–Crippen LogP) is 0.187. The van der Waals surface area contributed by atoms with Gasteiger partial charge >= 0.3 is 11.9 Å². The van der Waals surface area contributed by atoms with Crippen LogP contribution in [-0.2, 0) is 20.7 Å². The van der Waals surface area contributed by atoms with E-state index in [2.05, 4.69) is 4.74 Å². The third-order valence-electron chi connectivity index (χ3n) is 6.84. The zero-order valence-electron chi connectivity index (χ0n) is 16.6. The maximum atomic E-state index is 11.6. The number of cyclic esters (lactones) is 2. The second-order valence-corrected chi connectivity index (χ2v) is 8.82. The van der Waals surface area contributed by atoms with Crippen LogP contribution in [0.4, 0.5) is 0 Å². The van der Waals surface area contributed by atoms with Gasteiger partial charge < -0.3 is 29.9 Å². The number of aliphatic hydroxyl groups excluding tert-OH is 4. The van der Waals surface area contributed by atoms with Crippen molar-refractivity contribution in [2.45, 2.75) is 56.5 Å². The molecule has 0 bridgehead atoms. The fourth-order valence-corrected chi connectivity index (χ4v) is 5.10. The van der Waals surface area contributed by atoms with E-state index in [0.717, 1.165) is 12.0 Å². The van der Waals surface area contributed by atoms with Gasteiger partial charge in [0.2, 0.25) is 0 Å². The SMILES string of the molecule is O=C1CC(Cc2ccc(OCC3CCC4C(O)C(O)C(O)C(O)C4C3)cc2)C(=O)O1. The van der Waals surface area contributed by atoms with Crippen LogP contribution in [0.1, 0.15) is 31.2 Å². The molecule has 1 aliphatic heterocycles. The molecular weight excluding hydrogens is 392 g/mol. The zero-order valence-corrected chi connectivity index (χ0v) is 16.6. The van der Waals surface area contributed by atoms with Crippen LogP contribution >= 0.6 is 0 Å². The quantitative estimate of drug-likeness (QED) is 0.392. The molecule has 0 radical (unpaired) electrons. The first-order valence-corrected chi connectivity index (χ1v) is 10.5. The van der Waals surface area contributed by atoms with E-state index in [0.29, 0.717) is 31.6 Å². The minimum Gasteiger partial charge on any atom is -0.493 e. The third-order valence-corrected chi connectivity index (χ3v) is 6.84. The molecule has 4 N–H and O–H groups in total. The van der Waals surface area contributed by atoms with Crippen LogP contribution in [0.25, 0.3) is 0 Å². The summed E-state index contributed by atoms with van der Waals surface area (Å²) in [5, 5.41) is 40.4. The van der Waals surface area contributed by atoms with Gasteiger partial charge in [0.05, 0.1) is 31.2 Å². The van der Waals surface area contributed by atoms with Crippen molar-refractivity contribution in [2.75, 3.05) is 6.61 Å². The fraction of sp³-hybridized carbons (Fsp3) is 0.636. The third kappa shape index (κ3) is 4.23. The zero-order chi connectivity index (χ0) is 21.4. The molecule has 3 aliphatic rings. The Morgan fingerprint density at radius 2 is 1.57 bits per heavy atom. The number of hydrogen-bond donors (Lipinski definition) is 4. The summed E-state index contributed by atoms with van der Waals surface area (Å²) in [5.74, 6) is -0.994. The van der Waals surface area contributed by atoms with Gasteiger partial charge in [-0.05, 0) is 61.1 Å². The Morgan fingerprint density at radius 3 is 2.20 bits per heavy atom. The van der Waals surface area contributed by atoms with Gasteiger partial charge in [-0.25, -0.2) is 0 Å². The highest BCUT2D eigenvalue weighted by atomic mass is 16.6. The molecule has 30 heavy (non-hydrogen) atoms. The van der Waals surface area contributed by atoms with Gasteiger partial charge in [0, 0.05) is 0 Å². The lowest BCUT2D eigenvalue weighted by Crippen LogP contribution is -2.59. The Bertz CT molecular complexity index is 778. The highest BCUT2D eigenvalue weighted by Crippen LogP contribution is 2.43. The molecule has 8 unspecified atom stereocenters. The first kappa shape index (κ1) is 21.2. The van der Waals surface area contributed by atoms with Gasteiger partial charge in [0.15, 0.2) is 0 Å². The lowest BCUT2D eigenvalue weighted by molar-refractivity contribution is -0.195. The average Bonchev–Trinajstić information content (AvgIpc) is 3.06. The van der Waals surface area contributed by atoms with Gasteiger partial charge in [-0.3, -0.25) is 9.59 Å². The number of benzene rings is 1. The average molecular weight is 420 g/mol. The summed E-state index contributed by atoms with van der Waals surface area (Å²) in [6, 6.07) is 7.37. The summed E-state index contributed by atoms with van der Waals surface area (Å²) in [6.45, 7) is 0.452. The highest BCUT2D eigenvalue weighted by Gasteiger charge is 2.50. The van der Waals surface area contributed by atoms with E-state index in [1.54, 1.807) is 0 Å². The molecule has 4 rings (SSSR count). The first-order valence-electron chi connectivity index (χ1n) is 10.5. The van der Waals surface area contributed by atoms with Crippen molar-refractivity contribution in [1.29, 1.82) is 0 Å². The number of carbonyl (C=O) groups excluding carboxylic acids is 2. The fourth-order valence-electron chi connectivity index (χ4n) is 5.10. The molecule has 0 aromatic heterocycles. The summed E-state index contributed by atoms with van der Waals surface area (Å²) in [6.07, 6.45) is -2.06. The van der Waals surface area contributed by atoms with E-state index < -0.39 is 42.3 Å². The number of rotatable bonds is 5. The summed E-state index contributed by atoms with van der Waals surface area (Å²) < 4.78 is 10.5. The van der Waals surface area contributed by atoms with Crippen LogP contribution < -0.4 is 4.74 Å².